The fourth-order valence-corrected chi connectivity index (χ4v) is 6.86. The Morgan fingerprint density at radius 1 is 1.06 bits per heavy atom. The molecule has 1 amide bonds. The third-order valence-electron chi connectivity index (χ3n) is 8.81. The van der Waals surface area contributed by atoms with Gasteiger partial charge in [-0.2, -0.15) is 5.10 Å². The van der Waals surface area contributed by atoms with Crippen LogP contribution >= 0.6 is 0 Å². The van der Waals surface area contributed by atoms with Crippen molar-refractivity contribution in [1.82, 2.24) is 24.9 Å². The van der Waals surface area contributed by atoms with E-state index < -0.39 is 0 Å². The monoisotopic (exact) mass is 471 g/mol. The van der Waals surface area contributed by atoms with E-state index in [4.69, 9.17) is 9.84 Å². The molecule has 7 heteroatoms. The van der Waals surface area contributed by atoms with E-state index >= 15 is 0 Å². The molecule has 7 nitrogen and oxygen atoms in total. The van der Waals surface area contributed by atoms with Gasteiger partial charge in [0.25, 0.3) is 5.91 Å². The second-order valence-electron chi connectivity index (χ2n) is 11.1. The number of hydrogen-bond acceptors (Lipinski definition) is 5. The van der Waals surface area contributed by atoms with Gasteiger partial charge >= 0.3 is 0 Å². The molecule has 1 saturated carbocycles. The second kappa shape index (κ2) is 11.1. The van der Waals surface area contributed by atoms with Crippen LogP contribution in [0.1, 0.15) is 92.9 Å². The van der Waals surface area contributed by atoms with Gasteiger partial charge in [0.05, 0.1) is 13.2 Å². The average molecular weight is 472 g/mol. The normalized spacial score (nSPS) is 25.8. The fourth-order valence-electron chi connectivity index (χ4n) is 6.86. The van der Waals surface area contributed by atoms with Crippen molar-refractivity contribution in [3.63, 3.8) is 0 Å². The molecular formula is C27H45N5O2. The third-order valence-corrected chi connectivity index (χ3v) is 8.81. The molecule has 2 aliphatic carbocycles. The Bertz CT molecular complexity index is 819. The van der Waals surface area contributed by atoms with Crippen LogP contribution in [0.25, 0.3) is 0 Å². The first kappa shape index (κ1) is 24.3. The molecule has 5 rings (SSSR count). The van der Waals surface area contributed by atoms with E-state index in [2.05, 4.69) is 26.7 Å². The van der Waals surface area contributed by atoms with E-state index in [1.54, 1.807) is 0 Å². The molecule has 0 radical (unpaired) electrons. The van der Waals surface area contributed by atoms with Gasteiger partial charge < -0.3 is 15.0 Å². The van der Waals surface area contributed by atoms with Crippen molar-refractivity contribution < 1.29 is 9.53 Å². The van der Waals surface area contributed by atoms with Crippen molar-refractivity contribution in [1.29, 1.82) is 0 Å². The number of piperidine rings is 1. The minimum Gasteiger partial charge on any atom is -0.379 e. The number of aromatic nitrogens is 2. The van der Waals surface area contributed by atoms with E-state index in [9.17, 15) is 4.79 Å². The number of carbonyl (C=O) groups is 1. The van der Waals surface area contributed by atoms with Crippen molar-refractivity contribution in [2.75, 3.05) is 45.9 Å². The maximum Gasteiger partial charge on any atom is 0.274 e. The van der Waals surface area contributed by atoms with Crippen LogP contribution in [0.5, 0.6) is 0 Å². The minimum absolute atomic E-state index is 0.170. The molecule has 1 aromatic rings. The summed E-state index contributed by atoms with van der Waals surface area (Å²) in [5.41, 5.74) is 3.58. The molecule has 1 atom stereocenters. The summed E-state index contributed by atoms with van der Waals surface area (Å²) in [7, 11) is 0. The number of likely N-dealkylation sites (tertiary alicyclic amines) is 1. The molecule has 190 valence electrons. The largest absolute Gasteiger partial charge is 0.379 e. The van der Waals surface area contributed by atoms with Crippen LogP contribution in [-0.4, -0.2) is 83.0 Å². The van der Waals surface area contributed by atoms with Crippen LogP contribution in [-0.2, 0) is 24.1 Å². The van der Waals surface area contributed by atoms with Crippen molar-refractivity contribution in [2.45, 2.75) is 102 Å². The number of nitrogens with one attached hydrogen (secondary N) is 1. The lowest BCUT2D eigenvalue weighted by Crippen LogP contribution is -2.60. The molecule has 4 aliphatic rings. The van der Waals surface area contributed by atoms with Crippen LogP contribution < -0.4 is 5.32 Å². The molecule has 3 fully saturated rings. The smallest absolute Gasteiger partial charge is 0.274 e. The zero-order valence-electron chi connectivity index (χ0n) is 21.3. The summed E-state index contributed by atoms with van der Waals surface area (Å²) in [5.74, 6) is 0.170. The Balaban J connectivity index is 1.31. The first-order chi connectivity index (χ1) is 16.7. The summed E-state index contributed by atoms with van der Waals surface area (Å²) in [6, 6.07) is 0.430. The third kappa shape index (κ3) is 5.07. The molecule has 1 N–H and O–H groups in total. The zero-order chi connectivity index (χ0) is 23.4. The number of carbonyl (C=O) groups excluding carboxylic acids is 1. The van der Waals surface area contributed by atoms with Gasteiger partial charge in [-0.1, -0.05) is 26.2 Å². The molecule has 0 spiro atoms. The van der Waals surface area contributed by atoms with Gasteiger partial charge in [-0.05, 0) is 57.8 Å². The van der Waals surface area contributed by atoms with Gasteiger partial charge in [0.15, 0.2) is 5.69 Å². The van der Waals surface area contributed by atoms with Gasteiger partial charge in [-0.25, -0.2) is 0 Å². The first-order valence-corrected chi connectivity index (χ1v) is 14.1. The lowest BCUT2D eigenvalue weighted by atomic mass is 9.79. The summed E-state index contributed by atoms with van der Waals surface area (Å²) in [5, 5.41) is 8.92. The summed E-state index contributed by atoms with van der Waals surface area (Å²) in [4.78, 5) is 18.2. The number of nitrogens with zero attached hydrogens (tertiary/aromatic N) is 4. The molecule has 2 saturated heterocycles. The highest BCUT2D eigenvalue weighted by molar-refractivity contribution is 5.94. The molecule has 0 bridgehead atoms. The topological polar surface area (TPSA) is 62.6 Å². The quantitative estimate of drug-likeness (QED) is 0.660. The van der Waals surface area contributed by atoms with E-state index in [0.717, 1.165) is 96.7 Å². The number of hydrogen-bond donors (Lipinski definition) is 1. The summed E-state index contributed by atoms with van der Waals surface area (Å²) >= 11 is 0. The molecule has 0 aromatic carbocycles. The van der Waals surface area contributed by atoms with Crippen molar-refractivity contribution in [2.24, 2.45) is 0 Å². The van der Waals surface area contributed by atoms with Crippen molar-refractivity contribution in [3.05, 3.63) is 17.0 Å². The second-order valence-corrected chi connectivity index (χ2v) is 11.1. The maximum atomic E-state index is 13.5. The van der Waals surface area contributed by atoms with Gasteiger partial charge in [0, 0.05) is 62.1 Å². The number of fused-ring (bicyclic) bond motifs is 1. The molecule has 3 heterocycles. The number of ether oxygens (including phenoxy) is 1. The number of aryl methyl sites for hydroxylation is 1. The lowest BCUT2D eigenvalue weighted by molar-refractivity contribution is -0.0378. The summed E-state index contributed by atoms with van der Waals surface area (Å²) in [6.45, 7) is 9.81. The van der Waals surface area contributed by atoms with Crippen LogP contribution in [0.15, 0.2) is 0 Å². The van der Waals surface area contributed by atoms with E-state index in [-0.39, 0.29) is 11.4 Å². The first-order valence-electron chi connectivity index (χ1n) is 14.1. The Morgan fingerprint density at radius 2 is 1.79 bits per heavy atom. The zero-order valence-corrected chi connectivity index (χ0v) is 21.3. The lowest BCUT2D eigenvalue weighted by Gasteiger charge is -2.49. The highest BCUT2D eigenvalue weighted by Crippen LogP contribution is 2.35. The molecule has 1 unspecified atom stereocenters. The van der Waals surface area contributed by atoms with Gasteiger partial charge in [-0.15, -0.1) is 0 Å². The summed E-state index contributed by atoms with van der Waals surface area (Å²) < 4.78 is 7.82. The van der Waals surface area contributed by atoms with Gasteiger partial charge in [-0.3, -0.25) is 14.4 Å². The Hall–Kier alpha value is -1.44. The van der Waals surface area contributed by atoms with Crippen LogP contribution in [0.2, 0.25) is 0 Å². The Morgan fingerprint density at radius 3 is 2.53 bits per heavy atom. The fraction of sp³-hybridized carbons (Fsp3) is 0.852. The van der Waals surface area contributed by atoms with Crippen molar-refractivity contribution >= 4 is 5.91 Å². The van der Waals surface area contributed by atoms with Crippen LogP contribution in [0.4, 0.5) is 0 Å². The van der Waals surface area contributed by atoms with E-state index in [1.807, 2.05) is 0 Å². The Kier molecular flexibility index (Phi) is 7.91. The highest BCUT2D eigenvalue weighted by atomic mass is 16.5. The highest BCUT2D eigenvalue weighted by Gasteiger charge is 2.39. The van der Waals surface area contributed by atoms with Gasteiger partial charge in [0.2, 0.25) is 0 Å². The maximum absolute atomic E-state index is 13.5. The molecule has 2 aliphatic heterocycles. The average Bonchev–Trinajstić information content (AvgIpc) is 3.26. The number of rotatable bonds is 7. The Labute approximate surface area is 205 Å². The number of morpholine rings is 1. The SMILES string of the molecule is CCCn1nc(C(=O)N2CCCCC2)c2c1CCC(NCC1(N3CCOCC3)CCCCC1)C2. The molecule has 34 heavy (non-hydrogen) atoms. The van der Waals surface area contributed by atoms with Gasteiger partial charge in [0.1, 0.15) is 0 Å². The standard InChI is InChI=1S/C27H45N5O2/c1-2-13-32-24-10-9-22(20-23(24)25(29-32)26(33)30-14-7-4-8-15-30)28-21-27(11-5-3-6-12-27)31-16-18-34-19-17-31/h22,28H,2-21H2,1H3. The minimum atomic E-state index is 0.170. The van der Waals surface area contributed by atoms with Crippen LogP contribution in [0.3, 0.4) is 0 Å². The van der Waals surface area contributed by atoms with Crippen LogP contribution in [0, 0.1) is 0 Å². The summed E-state index contributed by atoms with van der Waals surface area (Å²) in [6.07, 6.45) is 14.3. The van der Waals surface area contributed by atoms with E-state index in [0.29, 0.717) is 6.04 Å². The molecular weight excluding hydrogens is 426 g/mol. The predicted molar refractivity (Wildman–Crippen MR) is 134 cm³/mol. The predicted octanol–water partition coefficient (Wildman–Crippen LogP) is 3.40. The number of amides is 1. The molecule has 1 aromatic heterocycles. The van der Waals surface area contributed by atoms with Crippen molar-refractivity contribution in [3.8, 4) is 0 Å². The van der Waals surface area contributed by atoms with E-state index in [1.165, 1.54) is 49.8 Å².